The predicted octanol–water partition coefficient (Wildman–Crippen LogP) is 4.79. The van der Waals surface area contributed by atoms with Crippen LogP contribution in [-0.4, -0.2) is 27.1 Å². The molecule has 1 aromatic heterocycles. The maximum atomic E-state index is 13.0. The Balaban J connectivity index is 1.59. The van der Waals surface area contributed by atoms with Crippen molar-refractivity contribution in [3.63, 3.8) is 0 Å². The number of aryl methyl sites for hydroxylation is 2. The van der Waals surface area contributed by atoms with Crippen molar-refractivity contribution < 1.29 is 22.7 Å². The lowest BCUT2D eigenvalue weighted by molar-refractivity contribution is -0.274. The smallest absolute Gasteiger partial charge is 0.406 e. The number of ketones is 1. The van der Waals surface area contributed by atoms with Crippen molar-refractivity contribution in [2.24, 2.45) is 0 Å². The Kier molecular flexibility index (Phi) is 6.19. The number of hydrogen-bond donors (Lipinski definition) is 0. The molecule has 34 heavy (non-hydrogen) atoms. The summed E-state index contributed by atoms with van der Waals surface area (Å²) < 4.78 is 42.1. The van der Waals surface area contributed by atoms with Crippen molar-refractivity contribution in [3.05, 3.63) is 87.7 Å². The minimum Gasteiger partial charge on any atom is -0.406 e. The molecule has 6 nitrogen and oxygen atoms in total. The molecular formula is C25H20F3N3O3. The van der Waals surface area contributed by atoms with E-state index in [4.69, 9.17) is 0 Å². The summed E-state index contributed by atoms with van der Waals surface area (Å²) in [6, 6.07) is 16.0. The molecule has 0 unspecified atom stereocenters. The van der Waals surface area contributed by atoms with Gasteiger partial charge in [-0.3, -0.25) is 9.59 Å². The number of halogens is 3. The fourth-order valence-electron chi connectivity index (χ4n) is 3.76. The van der Waals surface area contributed by atoms with E-state index in [0.29, 0.717) is 16.6 Å². The van der Waals surface area contributed by atoms with Crippen LogP contribution in [0.3, 0.4) is 0 Å². The maximum absolute atomic E-state index is 13.0. The number of carbonyl (C=O) groups excluding carboxylic acids is 1. The number of hydrogen-bond acceptors (Lipinski definition) is 5. The molecule has 0 amide bonds. The molecule has 0 spiro atoms. The fraction of sp³-hybridized carbons (Fsp3) is 0.200. The molecule has 0 aliphatic heterocycles. The first kappa shape index (κ1) is 23.2. The minimum atomic E-state index is -4.77. The van der Waals surface area contributed by atoms with Crippen LogP contribution in [0.4, 0.5) is 13.2 Å². The molecule has 0 N–H and O–H groups in total. The van der Waals surface area contributed by atoms with Crippen molar-refractivity contribution in [1.82, 2.24) is 15.0 Å². The van der Waals surface area contributed by atoms with Gasteiger partial charge in [-0.25, -0.2) is 4.68 Å². The molecule has 0 saturated heterocycles. The highest BCUT2D eigenvalue weighted by Crippen LogP contribution is 2.27. The van der Waals surface area contributed by atoms with Gasteiger partial charge < -0.3 is 4.74 Å². The largest absolute Gasteiger partial charge is 0.573 e. The average Bonchev–Trinajstić information content (AvgIpc) is 2.78. The molecule has 0 atom stereocenters. The zero-order chi connectivity index (χ0) is 24.5. The first-order chi connectivity index (χ1) is 16.1. The topological polar surface area (TPSA) is 74.1 Å². The third kappa shape index (κ3) is 5.14. The Bertz CT molecular complexity index is 1410. The standard InChI is InChI=1S/C25H20F3N3O3/c1-15-4-3-5-16(2)21(15)13-19(32)14-31-24(33)22-12-18(8-11-23(22)29-30-31)17-6-9-20(10-7-17)34-25(26,27)28/h3-12H,13-14H2,1-2H3. The van der Waals surface area contributed by atoms with Crippen LogP contribution >= 0.6 is 0 Å². The van der Waals surface area contributed by atoms with E-state index in [1.54, 1.807) is 18.2 Å². The van der Waals surface area contributed by atoms with Crippen LogP contribution in [0.5, 0.6) is 5.75 Å². The van der Waals surface area contributed by atoms with Crippen molar-refractivity contribution in [3.8, 4) is 16.9 Å². The lowest BCUT2D eigenvalue weighted by Gasteiger charge is -2.10. The zero-order valence-corrected chi connectivity index (χ0v) is 18.4. The third-order valence-electron chi connectivity index (χ3n) is 5.49. The maximum Gasteiger partial charge on any atom is 0.573 e. The van der Waals surface area contributed by atoms with Crippen LogP contribution in [-0.2, 0) is 17.8 Å². The number of Topliss-reactive ketones (excluding diaryl/α,β-unsaturated/α-hetero) is 1. The fourth-order valence-corrected chi connectivity index (χ4v) is 3.76. The van der Waals surface area contributed by atoms with Crippen molar-refractivity contribution in [1.29, 1.82) is 0 Å². The molecular weight excluding hydrogens is 447 g/mol. The highest BCUT2D eigenvalue weighted by Gasteiger charge is 2.31. The van der Waals surface area contributed by atoms with Gasteiger partial charge in [0.2, 0.25) is 0 Å². The van der Waals surface area contributed by atoms with Gasteiger partial charge in [-0.1, -0.05) is 41.6 Å². The Morgan fingerprint density at radius 1 is 0.971 bits per heavy atom. The number of ether oxygens (including phenoxy) is 1. The highest BCUT2D eigenvalue weighted by molar-refractivity contribution is 5.84. The molecule has 0 bridgehead atoms. The molecule has 174 valence electrons. The average molecular weight is 467 g/mol. The summed E-state index contributed by atoms with van der Waals surface area (Å²) >= 11 is 0. The molecule has 4 rings (SSSR count). The minimum absolute atomic E-state index is 0.176. The molecule has 0 fully saturated rings. The number of fused-ring (bicyclic) bond motifs is 1. The number of rotatable bonds is 6. The van der Waals surface area contributed by atoms with Gasteiger partial charge in [-0.2, -0.15) is 0 Å². The highest BCUT2D eigenvalue weighted by atomic mass is 19.4. The van der Waals surface area contributed by atoms with E-state index in [0.717, 1.165) is 21.4 Å². The van der Waals surface area contributed by atoms with E-state index in [1.807, 2.05) is 32.0 Å². The Labute approximate surface area is 192 Å². The van der Waals surface area contributed by atoms with Crippen LogP contribution in [0.2, 0.25) is 0 Å². The monoisotopic (exact) mass is 467 g/mol. The molecule has 0 aliphatic rings. The zero-order valence-electron chi connectivity index (χ0n) is 18.4. The summed E-state index contributed by atoms with van der Waals surface area (Å²) in [7, 11) is 0. The van der Waals surface area contributed by atoms with Crippen LogP contribution in [0.15, 0.2) is 65.5 Å². The van der Waals surface area contributed by atoms with Crippen molar-refractivity contribution >= 4 is 16.7 Å². The molecule has 1 heterocycles. The molecule has 0 aliphatic carbocycles. The SMILES string of the molecule is Cc1cccc(C)c1CC(=O)Cn1nnc2ccc(-c3ccc(OC(F)(F)F)cc3)cc2c1=O. The Morgan fingerprint density at radius 3 is 2.26 bits per heavy atom. The number of nitrogens with zero attached hydrogens (tertiary/aromatic N) is 3. The molecule has 3 aromatic carbocycles. The quantitative estimate of drug-likeness (QED) is 0.408. The summed E-state index contributed by atoms with van der Waals surface area (Å²) in [5.74, 6) is -0.516. The number of aromatic nitrogens is 3. The van der Waals surface area contributed by atoms with Gasteiger partial charge in [0.05, 0.1) is 5.39 Å². The van der Waals surface area contributed by atoms with Gasteiger partial charge in [0, 0.05) is 6.42 Å². The van der Waals surface area contributed by atoms with Crippen molar-refractivity contribution in [2.45, 2.75) is 33.2 Å². The second-order valence-electron chi connectivity index (χ2n) is 7.94. The summed E-state index contributed by atoms with van der Waals surface area (Å²) in [5.41, 5.74) is 4.00. The normalized spacial score (nSPS) is 11.6. The van der Waals surface area contributed by atoms with E-state index in [2.05, 4.69) is 15.0 Å². The first-order valence-corrected chi connectivity index (χ1v) is 10.4. The molecule has 4 aromatic rings. The van der Waals surface area contributed by atoms with Crippen LogP contribution < -0.4 is 10.3 Å². The van der Waals surface area contributed by atoms with E-state index in [9.17, 15) is 22.8 Å². The van der Waals surface area contributed by atoms with Gasteiger partial charge in [0.1, 0.15) is 17.8 Å². The lowest BCUT2D eigenvalue weighted by atomic mass is 9.98. The predicted molar refractivity (Wildman–Crippen MR) is 121 cm³/mol. The Morgan fingerprint density at radius 2 is 1.62 bits per heavy atom. The van der Waals surface area contributed by atoms with E-state index >= 15 is 0 Å². The van der Waals surface area contributed by atoms with Crippen molar-refractivity contribution in [2.75, 3.05) is 0 Å². The Hall–Kier alpha value is -4.01. The van der Waals surface area contributed by atoms with Gasteiger partial charge in [0.15, 0.2) is 5.78 Å². The van der Waals surface area contributed by atoms with E-state index in [-0.39, 0.29) is 29.9 Å². The number of alkyl halides is 3. The third-order valence-corrected chi connectivity index (χ3v) is 5.49. The van der Waals surface area contributed by atoms with Gasteiger partial charge in [-0.05, 0) is 65.9 Å². The van der Waals surface area contributed by atoms with Gasteiger partial charge in [-0.15, -0.1) is 18.3 Å². The van der Waals surface area contributed by atoms with E-state index in [1.165, 1.54) is 24.3 Å². The molecule has 0 radical (unpaired) electrons. The van der Waals surface area contributed by atoms with E-state index < -0.39 is 11.9 Å². The summed E-state index contributed by atoms with van der Waals surface area (Å²) in [6.45, 7) is 3.64. The van der Waals surface area contributed by atoms with Crippen LogP contribution in [0, 0.1) is 13.8 Å². The molecule has 9 heteroatoms. The number of benzene rings is 3. The van der Waals surface area contributed by atoms with Crippen LogP contribution in [0.25, 0.3) is 22.0 Å². The first-order valence-electron chi connectivity index (χ1n) is 10.4. The summed E-state index contributed by atoms with van der Waals surface area (Å²) in [5, 5.41) is 8.19. The number of carbonyl (C=O) groups is 1. The van der Waals surface area contributed by atoms with Crippen LogP contribution in [0.1, 0.15) is 16.7 Å². The second kappa shape index (κ2) is 9.09. The second-order valence-corrected chi connectivity index (χ2v) is 7.94. The van der Waals surface area contributed by atoms with Gasteiger partial charge >= 0.3 is 6.36 Å². The summed E-state index contributed by atoms with van der Waals surface area (Å²) in [6.07, 6.45) is -4.60. The molecule has 0 saturated carbocycles. The lowest BCUT2D eigenvalue weighted by Crippen LogP contribution is -2.28. The summed E-state index contributed by atoms with van der Waals surface area (Å²) in [4.78, 5) is 25.7. The van der Waals surface area contributed by atoms with Gasteiger partial charge in [0.25, 0.3) is 5.56 Å².